The van der Waals surface area contributed by atoms with Crippen molar-refractivity contribution in [3.05, 3.63) is 34.3 Å². The molecule has 0 spiro atoms. The second kappa shape index (κ2) is 8.08. The molecule has 0 bridgehead atoms. The van der Waals surface area contributed by atoms with Crippen molar-refractivity contribution in [2.24, 2.45) is 0 Å². The minimum absolute atomic E-state index is 0.340. The van der Waals surface area contributed by atoms with Gasteiger partial charge in [0.2, 0.25) is 5.91 Å². The van der Waals surface area contributed by atoms with Gasteiger partial charge in [0.1, 0.15) is 5.54 Å². The quantitative estimate of drug-likeness (QED) is 0.427. The predicted molar refractivity (Wildman–Crippen MR) is 78.6 cm³/mol. The van der Waals surface area contributed by atoms with Crippen LogP contribution in [0.4, 0.5) is 0 Å². The molecule has 0 aliphatic heterocycles. The van der Waals surface area contributed by atoms with Gasteiger partial charge in [0.15, 0.2) is 0 Å². The third kappa shape index (κ3) is 5.09. The molecule has 2 amide bonds. The molecule has 7 nitrogen and oxygen atoms in total. The van der Waals surface area contributed by atoms with Crippen molar-refractivity contribution in [3.63, 3.8) is 0 Å². The van der Waals surface area contributed by atoms with Gasteiger partial charge in [0, 0.05) is 10.0 Å². The van der Waals surface area contributed by atoms with Gasteiger partial charge in [-0.1, -0.05) is 22.0 Å². The molecule has 0 aromatic heterocycles. The van der Waals surface area contributed by atoms with Crippen molar-refractivity contribution in [1.29, 1.82) is 0 Å². The highest BCUT2D eigenvalue weighted by molar-refractivity contribution is 9.10. The summed E-state index contributed by atoms with van der Waals surface area (Å²) in [7, 11) is 0. The minimum Gasteiger partial charge on any atom is -0.394 e. The second-order valence-electron chi connectivity index (χ2n) is 4.50. The van der Waals surface area contributed by atoms with E-state index in [1.807, 2.05) is 0 Å². The summed E-state index contributed by atoms with van der Waals surface area (Å²) in [4.78, 5) is 23.5. The maximum atomic E-state index is 11.8. The Morgan fingerprint density at radius 2 is 1.76 bits per heavy atom. The Hall–Kier alpha value is -1.48. The van der Waals surface area contributed by atoms with Gasteiger partial charge in [0.05, 0.1) is 26.4 Å². The zero-order valence-corrected chi connectivity index (χ0v) is 12.8. The van der Waals surface area contributed by atoms with Crippen LogP contribution in [-0.4, -0.2) is 59.0 Å². The van der Waals surface area contributed by atoms with Crippen LogP contribution in [0.25, 0.3) is 0 Å². The molecule has 8 heteroatoms. The van der Waals surface area contributed by atoms with E-state index in [1.54, 1.807) is 24.3 Å². The van der Waals surface area contributed by atoms with E-state index in [1.165, 1.54) is 0 Å². The van der Waals surface area contributed by atoms with E-state index in [0.29, 0.717) is 5.56 Å². The van der Waals surface area contributed by atoms with Crippen molar-refractivity contribution in [2.45, 2.75) is 5.54 Å². The number of benzene rings is 1. The summed E-state index contributed by atoms with van der Waals surface area (Å²) in [6.45, 7) is -2.20. The Kier molecular flexibility index (Phi) is 6.76. The predicted octanol–water partition coefficient (Wildman–Crippen LogP) is -0.989. The Labute approximate surface area is 130 Å². The Bertz CT molecular complexity index is 497. The van der Waals surface area contributed by atoms with E-state index in [4.69, 9.17) is 15.3 Å². The molecular formula is C13H17BrN2O5. The van der Waals surface area contributed by atoms with Crippen LogP contribution in [0, 0.1) is 0 Å². The number of amides is 2. The maximum Gasteiger partial charge on any atom is 0.251 e. The van der Waals surface area contributed by atoms with E-state index in [9.17, 15) is 9.59 Å². The van der Waals surface area contributed by atoms with Gasteiger partial charge in [-0.2, -0.15) is 0 Å². The van der Waals surface area contributed by atoms with Gasteiger partial charge in [0.25, 0.3) is 5.91 Å². The molecule has 1 aromatic carbocycles. The molecule has 0 heterocycles. The number of hydrogen-bond donors (Lipinski definition) is 5. The van der Waals surface area contributed by atoms with Gasteiger partial charge >= 0.3 is 0 Å². The maximum absolute atomic E-state index is 11.8. The molecule has 0 atom stereocenters. The third-order valence-electron chi connectivity index (χ3n) is 2.81. The summed E-state index contributed by atoms with van der Waals surface area (Å²) < 4.78 is 0.736. The van der Waals surface area contributed by atoms with Gasteiger partial charge in [-0.05, 0) is 18.2 Å². The third-order valence-corrected chi connectivity index (χ3v) is 3.30. The van der Waals surface area contributed by atoms with E-state index >= 15 is 0 Å². The number of halogens is 1. The number of aliphatic hydroxyl groups is 3. The molecule has 0 unspecified atom stereocenters. The molecular weight excluding hydrogens is 344 g/mol. The van der Waals surface area contributed by atoms with Crippen molar-refractivity contribution >= 4 is 27.7 Å². The van der Waals surface area contributed by atoms with Crippen LogP contribution in [0.2, 0.25) is 0 Å². The zero-order chi connectivity index (χ0) is 15.9. The van der Waals surface area contributed by atoms with Crippen LogP contribution < -0.4 is 10.6 Å². The molecule has 21 heavy (non-hydrogen) atoms. The van der Waals surface area contributed by atoms with Crippen molar-refractivity contribution in [1.82, 2.24) is 10.6 Å². The van der Waals surface area contributed by atoms with Crippen LogP contribution in [-0.2, 0) is 4.79 Å². The lowest BCUT2D eigenvalue weighted by atomic mass is 10.0. The fourth-order valence-electron chi connectivity index (χ4n) is 1.50. The molecule has 0 saturated heterocycles. The SMILES string of the molecule is O=C(CNC(=O)c1cccc(Br)c1)NC(CO)(CO)CO. The first-order valence-corrected chi connectivity index (χ1v) is 6.93. The average molecular weight is 361 g/mol. The van der Waals surface area contributed by atoms with E-state index in [-0.39, 0.29) is 6.54 Å². The molecule has 5 N–H and O–H groups in total. The second-order valence-corrected chi connectivity index (χ2v) is 5.41. The summed E-state index contributed by atoms with van der Waals surface area (Å²) in [6, 6.07) is 6.65. The first kappa shape index (κ1) is 17.6. The van der Waals surface area contributed by atoms with Gasteiger partial charge in [-0.25, -0.2) is 0 Å². The molecule has 1 rings (SSSR count). The molecule has 116 valence electrons. The monoisotopic (exact) mass is 360 g/mol. The van der Waals surface area contributed by atoms with Gasteiger partial charge in [-0.15, -0.1) is 0 Å². The highest BCUT2D eigenvalue weighted by Crippen LogP contribution is 2.11. The summed E-state index contributed by atoms with van der Waals surface area (Å²) in [6.07, 6.45) is 0. The lowest BCUT2D eigenvalue weighted by Crippen LogP contribution is -2.58. The molecule has 1 aromatic rings. The Morgan fingerprint density at radius 3 is 2.29 bits per heavy atom. The van der Waals surface area contributed by atoms with E-state index in [2.05, 4.69) is 26.6 Å². The summed E-state index contributed by atoms with van der Waals surface area (Å²) in [5.74, 6) is -1.07. The topological polar surface area (TPSA) is 119 Å². The summed E-state index contributed by atoms with van der Waals surface area (Å²) in [5.41, 5.74) is -1.12. The molecule has 0 aliphatic carbocycles. The van der Waals surface area contributed by atoms with Crippen molar-refractivity contribution in [2.75, 3.05) is 26.4 Å². The van der Waals surface area contributed by atoms with Crippen LogP contribution in [0.3, 0.4) is 0 Å². The number of rotatable bonds is 7. The smallest absolute Gasteiger partial charge is 0.251 e. The number of nitrogens with one attached hydrogen (secondary N) is 2. The van der Waals surface area contributed by atoms with Crippen LogP contribution in [0.15, 0.2) is 28.7 Å². The highest BCUT2D eigenvalue weighted by Gasteiger charge is 2.29. The van der Waals surface area contributed by atoms with Crippen molar-refractivity contribution in [3.8, 4) is 0 Å². The standard InChI is InChI=1S/C13H17BrN2O5/c14-10-3-1-2-9(4-10)12(21)15-5-11(20)16-13(6-17,7-18)8-19/h1-4,17-19H,5-8H2,(H,15,21)(H,16,20). The first-order chi connectivity index (χ1) is 9.96. The number of hydrogen-bond acceptors (Lipinski definition) is 5. The van der Waals surface area contributed by atoms with E-state index < -0.39 is 37.2 Å². The minimum atomic E-state index is -1.50. The Morgan fingerprint density at radius 1 is 1.14 bits per heavy atom. The van der Waals surface area contributed by atoms with Crippen LogP contribution in [0.1, 0.15) is 10.4 Å². The normalized spacial score (nSPS) is 11.0. The molecule has 0 saturated carbocycles. The zero-order valence-electron chi connectivity index (χ0n) is 11.2. The first-order valence-electron chi connectivity index (χ1n) is 6.14. The van der Waals surface area contributed by atoms with Crippen LogP contribution >= 0.6 is 15.9 Å². The van der Waals surface area contributed by atoms with Crippen molar-refractivity contribution < 1.29 is 24.9 Å². The lowest BCUT2D eigenvalue weighted by molar-refractivity contribution is -0.124. The molecule has 0 fully saturated rings. The fourth-order valence-corrected chi connectivity index (χ4v) is 1.90. The number of carbonyl (C=O) groups is 2. The van der Waals surface area contributed by atoms with Gasteiger partial charge in [-0.3, -0.25) is 9.59 Å². The highest BCUT2D eigenvalue weighted by atomic mass is 79.9. The lowest BCUT2D eigenvalue weighted by Gasteiger charge is -2.28. The number of aliphatic hydroxyl groups excluding tert-OH is 3. The Balaban J connectivity index is 2.55. The average Bonchev–Trinajstić information content (AvgIpc) is 2.50. The summed E-state index contributed by atoms with van der Waals surface area (Å²) >= 11 is 3.24. The van der Waals surface area contributed by atoms with Crippen LogP contribution in [0.5, 0.6) is 0 Å². The number of carbonyl (C=O) groups excluding carboxylic acids is 2. The van der Waals surface area contributed by atoms with E-state index in [0.717, 1.165) is 4.47 Å². The molecule has 0 aliphatic rings. The van der Waals surface area contributed by atoms with Gasteiger partial charge < -0.3 is 26.0 Å². The fraction of sp³-hybridized carbons (Fsp3) is 0.385. The largest absolute Gasteiger partial charge is 0.394 e. The summed E-state index contributed by atoms with van der Waals surface area (Å²) in [5, 5.41) is 31.9. The molecule has 0 radical (unpaired) electrons.